The van der Waals surface area contributed by atoms with Crippen molar-refractivity contribution in [2.75, 3.05) is 19.7 Å². The Morgan fingerprint density at radius 1 is 1.27 bits per heavy atom. The van der Waals surface area contributed by atoms with Crippen molar-refractivity contribution < 1.29 is 4.74 Å². The molecule has 1 aromatic carbocycles. The van der Waals surface area contributed by atoms with Crippen molar-refractivity contribution in [1.29, 1.82) is 0 Å². The zero-order valence-electron chi connectivity index (χ0n) is 15.9. The Bertz CT molecular complexity index is 763. The van der Waals surface area contributed by atoms with E-state index < -0.39 is 0 Å². The third-order valence-corrected chi connectivity index (χ3v) is 5.59. The normalized spacial score (nSPS) is 23.2. The first kappa shape index (κ1) is 17.5. The van der Waals surface area contributed by atoms with Gasteiger partial charge in [0.25, 0.3) is 0 Å². The van der Waals surface area contributed by atoms with Crippen LogP contribution in [0.5, 0.6) is 0 Å². The molecule has 4 heteroatoms. The van der Waals surface area contributed by atoms with Gasteiger partial charge in [0.15, 0.2) is 0 Å². The van der Waals surface area contributed by atoms with Crippen LogP contribution in [0, 0.1) is 5.92 Å². The molecule has 1 saturated heterocycles. The monoisotopic (exact) mass is 351 g/mol. The molecular formula is C22H29N3O. The molecule has 3 heterocycles. The zero-order valence-corrected chi connectivity index (χ0v) is 15.9. The van der Waals surface area contributed by atoms with E-state index in [1.807, 2.05) is 6.07 Å². The van der Waals surface area contributed by atoms with Gasteiger partial charge in [-0.1, -0.05) is 36.4 Å². The topological polar surface area (TPSA) is 41.2 Å². The molecule has 2 aromatic rings. The molecule has 0 bridgehead atoms. The smallest absolute Gasteiger partial charge is 0.0896 e. The van der Waals surface area contributed by atoms with Crippen molar-refractivity contribution in [1.82, 2.24) is 15.1 Å². The Hall–Kier alpha value is -1.91. The first-order chi connectivity index (χ1) is 12.6. The minimum absolute atomic E-state index is 0.0308. The van der Waals surface area contributed by atoms with Crippen molar-refractivity contribution in [3.8, 4) is 0 Å². The van der Waals surface area contributed by atoms with Crippen LogP contribution in [-0.2, 0) is 17.7 Å². The fraction of sp³-hybridized carbons (Fsp3) is 0.500. The second-order valence-electron chi connectivity index (χ2n) is 8.26. The first-order valence-electron chi connectivity index (χ1n) is 9.75. The minimum atomic E-state index is 0.0308. The lowest BCUT2D eigenvalue weighted by Crippen LogP contribution is -2.41. The zero-order chi connectivity index (χ0) is 18.0. The molecule has 138 valence electrons. The third kappa shape index (κ3) is 4.08. The SMILES string of the molecule is CC1(C)CC(CN2CCc3[nH]nc(C=Cc4ccccc4)c3C2)CCO1. The van der Waals surface area contributed by atoms with Gasteiger partial charge in [-0.25, -0.2) is 0 Å². The maximum atomic E-state index is 5.88. The molecule has 1 unspecified atom stereocenters. The van der Waals surface area contributed by atoms with Gasteiger partial charge in [-0.05, 0) is 44.2 Å². The molecule has 1 fully saturated rings. The van der Waals surface area contributed by atoms with Gasteiger partial charge in [0.1, 0.15) is 0 Å². The number of rotatable bonds is 4. The number of ether oxygens (including phenoxy) is 1. The lowest BCUT2D eigenvalue weighted by molar-refractivity contribution is -0.0773. The van der Waals surface area contributed by atoms with E-state index in [2.05, 4.69) is 65.4 Å². The number of fused-ring (bicyclic) bond motifs is 1. The molecule has 4 rings (SSSR count). The van der Waals surface area contributed by atoms with Crippen molar-refractivity contribution in [3.05, 3.63) is 52.8 Å². The maximum absolute atomic E-state index is 5.88. The van der Waals surface area contributed by atoms with E-state index in [0.717, 1.165) is 44.1 Å². The van der Waals surface area contributed by atoms with E-state index in [1.165, 1.54) is 29.8 Å². The number of nitrogens with one attached hydrogen (secondary N) is 1. The predicted molar refractivity (Wildman–Crippen MR) is 106 cm³/mol. The predicted octanol–water partition coefficient (Wildman–Crippen LogP) is 4.14. The van der Waals surface area contributed by atoms with Crippen LogP contribution in [0.15, 0.2) is 30.3 Å². The molecule has 0 aliphatic carbocycles. The van der Waals surface area contributed by atoms with Gasteiger partial charge in [-0.2, -0.15) is 5.10 Å². The van der Waals surface area contributed by atoms with Gasteiger partial charge in [0.2, 0.25) is 0 Å². The summed E-state index contributed by atoms with van der Waals surface area (Å²) in [6.07, 6.45) is 7.69. The number of aromatic nitrogens is 2. The summed E-state index contributed by atoms with van der Waals surface area (Å²) in [6, 6.07) is 10.4. The molecule has 0 saturated carbocycles. The molecule has 1 N–H and O–H groups in total. The highest BCUT2D eigenvalue weighted by molar-refractivity contribution is 5.69. The molecule has 1 aromatic heterocycles. The van der Waals surface area contributed by atoms with Gasteiger partial charge in [0, 0.05) is 43.9 Å². The van der Waals surface area contributed by atoms with Crippen molar-refractivity contribution in [3.63, 3.8) is 0 Å². The van der Waals surface area contributed by atoms with Crippen LogP contribution in [0.1, 0.15) is 49.2 Å². The summed E-state index contributed by atoms with van der Waals surface area (Å²) in [4.78, 5) is 2.60. The molecule has 2 aliphatic rings. The second kappa shape index (κ2) is 7.37. The Kier molecular flexibility index (Phi) is 4.96. The van der Waals surface area contributed by atoms with Crippen LogP contribution in [0.2, 0.25) is 0 Å². The maximum Gasteiger partial charge on any atom is 0.0896 e. The van der Waals surface area contributed by atoms with E-state index in [1.54, 1.807) is 0 Å². The third-order valence-electron chi connectivity index (χ3n) is 5.59. The van der Waals surface area contributed by atoms with E-state index >= 15 is 0 Å². The van der Waals surface area contributed by atoms with Gasteiger partial charge in [-0.3, -0.25) is 10.00 Å². The number of aromatic amines is 1. The Morgan fingerprint density at radius 2 is 2.12 bits per heavy atom. The van der Waals surface area contributed by atoms with E-state index in [0.29, 0.717) is 0 Å². The highest BCUT2D eigenvalue weighted by Crippen LogP contribution is 2.30. The molecule has 2 aliphatic heterocycles. The number of benzene rings is 1. The average Bonchev–Trinajstić information content (AvgIpc) is 3.02. The van der Waals surface area contributed by atoms with E-state index in [9.17, 15) is 0 Å². The molecule has 4 nitrogen and oxygen atoms in total. The van der Waals surface area contributed by atoms with Crippen molar-refractivity contribution in [2.24, 2.45) is 5.92 Å². The summed E-state index contributed by atoms with van der Waals surface area (Å²) in [5.74, 6) is 0.732. The summed E-state index contributed by atoms with van der Waals surface area (Å²) in [7, 11) is 0. The number of nitrogens with zero attached hydrogens (tertiary/aromatic N) is 2. The number of hydrogen-bond donors (Lipinski definition) is 1. The minimum Gasteiger partial charge on any atom is -0.376 e. The molecule has 0 radical (unpaired) electrons. The van der Waals surface area contributed by atoms with Crippen LogP contribution in [0.4, 0.5) is 0 Å². The van der Waals surface area contributed by atoms with Crippen LogP contribution >= 0.6 is 0 Å². The van der Waals surface area contributed by atoms with Crippen molar-refractivity contribution >= 4 is 12.2 Å². The molecule has 0 amide bonds. The fourth-order valence-corrected chi connectivity index (χ4v) is 4.29. The standard InChI is InChI=1S/C22H29N3O/c1-22(2)14-18(11-13-26-22)15-25-12-10-21-19(16-25)20(23-24-21)9-8-17-6-4-3-5-7-17/h3-9,18H,10-16H2,1-2H3,(H,23,24). The first-order valence-corrected chi connectivity index (χ1v) is 9.75. The van der Waals surface area contributed by atoms with E-state index in [4.69, 9.17) is 4.74 Å². The summed E-state index contributed by atoms with van der Waals surface area (Å²) >= 11 is 0. The largest absolute Gasteiger partial charge is 0.376 e. The summed E-state index contributed by atoms with van der Waals surface area (Å²) in [5, 5.41) is 7.81. The summed E-state index contributed by atoms with van der Waals surface area (Å²) < 4.78 is 5.88. The molecule has 0 spiro atoms. The quantitative estimate of drug-likeness (QED) is 0.900. The van der Waals surface area contributed by atoms with Crippen LogP contribution in [-0.4, -0.2) is 40.4 Å². The van der Waals surface area contributed by atoms with Gasteiger partial charge in [0.05, 0.1) is 11.3 Å². The Morgan fingerprint density at radius 3 is 2.92 bits per heavy atom. The van der Waals surface area contributed by atoms with Gasteiger partial charge < -0.3 is 4.74 Å². The van der Waals surface area contributed by atoms with Crippen molar-refractivity contribution in [2.45, 2.75) is 45.3 Å². The summed E-state index contributed by atoms with van der Waals surface area (Å²) in [5.41, 5.74) is 5.00. The Balaban J connectivity index is 1.43. The lowest BCUT2D eigenvalue weighted by atomic mass is 9.87. The van der Waals surface area contributed by atoms with Gasteiger partial charge >= 0.3 is 0 Å². The fourth-order valence-electron chi connectivity index (χ4n) is 4.29. The average molecular weight is 351 g/mol. The van der Waals surface area contributed by atoms with Crippen LogP contribution < -0.4 is 0 Å². The van der Waals surface area contributed by atoms with Crippen LogP contribution in [0.25, 0.3) is 12.2 Å². The molecule has 1 atom stereocenters. The molecule has 26 heavy (non-hydrogen) atoms. The molecular weight excluding hydrogens is 322 g/mol. The second-order valence-corrected chi connectivity index (χ2v) is 8.26. The van der Waals surface area contributed by atoms with Crippen LogP contribution in [0.3, 0.4) is 0 Å². The Labute approximate surface area is 156 Å². The highest BCUT2D eigenvalue weighted by Gasteiger charge is 2.31. The number of hydrogen-bond acceptors (Lipinski definition) is 3. The summed E-state index contributed by atoms with van der Waals surface area (Å²) in [6.45, 7) is 8.62. The van der Waals surface area contributed by atoms with Gasteiger partial charge in [-0.15, -0.1) is 0 Å². The lowest BCUT2D eigenvalue weighted by Gasteiger charge is -2.38. The number of H-pyrrole nitrogens is 1. The van der Waals surface area contributed by atoms with E-state index in [-0.39, 0.29) is 5.60 Å². The highest BCUT2D eigenvalue weighted by atomic mass is 16.5.